The molecule has 0 aliphatic carbocycles. The Kier molecular flexibility index (Phi) is 9.19. The van der Waals surface area contributed by atoms with Crippen molar-refractivity contribution in [2.45, 2.75) is 52.9 Å². The predicted molar refractivity (Wildman–Crippen MR) is 280 cm³/mol. The number of nitrogens with zero attached hydrogens (tertiary/aromatic N) is 2. The van der Waals surface area contributed by atoms with Crippen LogP contribution in [0.1, 0.15) is 68.7 Å². The van der Waals surface area contributed by atoms with Crippen LogP contribution in [0, 0.1) is 12.3 Å². The highest BCUT2D eigenvalue weighted by Crippen LogP contribution is 2.53. The van der Waals surface area contributed by atoms with Crippen LogP contribution in [0.5, 0.6) is 0 Å². The molecule has 0 saturated carbocycles. The fraction of sp³-hybridized carbons (Fsp3) is 0.129. The van der Waals surface area contributed by atoms with E-state index in [1.807, 2.05) is 12.1 Å². The van der Waals surface area contributed by atoms with E-state index >= 15 is 0 Å². The zero-order chi connectivity index (χ0) is 44.8. The molecule has 0 unspecified atom stereocenters. The molecule has 2 heterocycles. The van der Waals surface area contributed by atoms with Gasteiger partial charge >= 0.3 is 0 Å². The Labute approximate surface area is 384 Å². The third-order valence-electron chi connectivity index (χ3n) is 13.8. The van der Waals surface area contributed by atoms with Gasteiger partial charge in [0.2, 0.25) is 0 Å². The second-order valence-corrected chi connectivity index (χ2v) is 18.2. The molecule has 0 bridgehead atoms. The number of benzene rings is 10. The number of para-hydroxylation sites is 6. The van der Waals surface area contributed by atoms with Gasteiger partial charge in [0.25, 0.3) is 0 Å². The van der Waals surface area contributed by atoms with Crippen molar-refractivity contribution >= 4 is 110 Å². The maximum atomic E-state index is 7.00. The van der Waals surface area contributed by atoms with Gasteiger partial charge in [-0.15, -0.1) is 6.42 Å². The van der Waals surface area contributed by atoms with E-state index < -0.39 is 0 Å². The molecule has 2 aromatic heterocycles. The summed E-state index contributed by atoms with van der Waals surface area (Å²) in [7, 11) is 0. The van der Waals surface area contributed by atoms with Crippen LogP contribution in [0.25, 0.3) is 76.2 Å². The van der Waals surface area contributed by atoms with Crippen LogP contribution in [0.15, 0.2) is 179 Å². The van der Waals surface area contributed by atoms with Gasteiger partial charge in [0.1, 0.15) is 5.58 Å². The van der Waals surface area contributed by atoms with E-state index in [1.54, 1.807) is 0 Å². The molecule has 12 aromatic rings. The molecular formula is C62H48N2O2. The molecule has 4 nitrogen and oxygen atoms in total. The molecule has 12 rings (SSSR count). The summed E-state index contributed by atoms with van der Waals surface area (Å²) in [5, 5.41) is 11.7. The molecule has 66 heavy (non-hydrogen) atoms. The zero-order valence-electron chi connectivity index (χ0n) is 37.8. The van der Waals surface area contributed by atoms with Crippen LogP contribution < -0.4 is 9.80 Å². The van der Waals surface area contributed by atoms with E-state index in [0.717, 1.165) is 90.0 Å². The van der Waals surface area contributed by atoms with Crippen molar-refractivity contribution in [3.05, 3.63) is 192 Å². The summed E-state index contributed by atoms with van der Waals surface area (Å²) in [4.78, 5) is 4.83. The fourth-order valence-electron chi connectivity index (χ4n) is 10.7. The van der Waals surface area contributed by atoms with Gasteiger partial charge in [0, 0.05) is 43.7 Å². The fourth-order valence-corrected chi connectivity index (χ4v) is 10.7. The first-order chi connectivity index (χ1) is 32.3. The van der Waals surface area contributed by atoms with Crippen molar-refractivity contribution in [3.8, 4) is 12.3 Å². The zero-order valence-corrected chi connectivity index (χ0v) is 37.8. The van der Waals surface area contributed by atoms with Crippen LogP contribution in [0.4, 0.5) is 34.1 Å². The molecular weight excluding hydrogens is 805 g/mol. The minimum Gasteiger partial charge on any atom is -0.454 e. The first-order valence-electron chi connectivity index (χ1n) is 23.2. The molecule has 0 fully saturated rings. The van der Waals surface area contributed by atoms with Gasteiger partial charge in [0.15, 0.2) is 16.7 Å². The van der Waals surface area contributed by atoms with Crippen LogP contribution in [0.2, 0.25) is 0 Å². The topological polar surface area (TPSA) is 32.8 Å². The molecule has 4 heteroatoms. The quantitative estimate of drug-likeness (QED) is 0.107. The summed E-state index contributed by atoms with van der Waals surface area (Å²) in [5.74, 6) is 3.33. The second kappa shape index (κ2) is 15.3. The molecule has 0 radical (unpaired) electrons. The van der Waals surface area contributed by atoms with Crippen LogP contribution >= 0.6 is 0 Å². The van der Waals surface area contributed by atoms with Crippen LogP contribution in [-0.4, -0.2) is 0 Å². The first-order valence-corrected chi connectivity index (χ1v) is 23.2. The molecule has 0 aliphatic rings. The summed E-state index contributed by atoms with van der Waals surface area (Å²) >= 11 is 0. The molecule has 0 N–H and O–H groups in total. The Balaban J connectivity index is 1.20. The van der Waals surface area contributed by atoms with E-state index in [1.165, 1.54) is 49.0 Å². The van der Waals surface area contributed by atoms with Crippen molar-refractivity contribution in [1.29, 1.82) is 0 Å². The lowest BCUT2D eigenvalue weighted by Crippen LogP contribution is -2.13. The molecule has 318 valence electrons. The number of hydrogen-bond donors (Lipinski definition) is 0. The number of rotatable bonds is 9. The highest BCUT2D eigenvalue weighted by Gasteiger charge is 2.28. The Morgan fingerprint density at radius 3 is 1.32 bits per heavy atom. The maximum Gasteiger partial charge on any atom is 0.159 e. The third kappa shape index (κ3) is 5.86. The average molecular weight is 853 g/mol. The highest BCUT2D eigenvalue weighted by molar-refractivity contribution is 6.30. The van der Waals surface area contributed by atoms with Gasteiger partial charge < -0.3 is 18.6 Å². The number of furan rings is 2. The largest absolute Gasteiger partial charge is 0.454 e. The molecule has 0 amide bonds. The lowest BCUT2D eigenvalue weighted by atomic mass is 9.84. The summed E-state index contributed by atoms with van der Waals surface area (Å²) in [6.45, 7) is 11.4. The van der Waals surface area contributed by atoms with Crippen LogP contribution in [-0.2, 0) is 6.42 Å². The summed E-state index contributed by atoms with van der Waals surface area (Å²) in [6, 6.07) is 61.4. The SMILES string of the molecule is C#Cc1cccc2c1oc1c(N(c3ccccc3)c3cc(C(C)C)c4ccc5c(N(c6ccccc6)c6cccc7c6oc6c(CC)cccc67)cc(C(C)C)c6ccc3c4c65)cccc12. The number of anilines is 6. The van der Waals surface area contributed by atoms with Crippen molar-refractivity contribution in [3.63, 3.8) is 0 Å². The first kappa shape index (κ1) is 39.6. The van der Waals surface area contributed by atoms with Crippen molar-refractivity contribution in [2.75, 3.05) is 9.80 Å². The Hall–Kier alpha value is -8.00. The number of terminal acetylenes is 1. The normalized spacial score (nSPS) is 12.0. The Morgan fingerprint density at radius 1 is 0.424 bits per heavy atom. The predicted octanol–water partition coefficient (Wildman–Crippen LogP) is 18.1. The van der Waals surface area contributed by atoms with Crippen molar-refractivity contribution in [1.82, 2.24) is 0 Å². The van der Waals surface area contributed by atoms with Gasteiger partial charge in [-0.05, 0) is 111 Å². The summed E-state index contributed by atoms with van der Waals surface area (Å²) < 4.78 is 13.9. The number of fused-ring (bicyclic) bond motifs is 6. The summed E-state index contributed by atoms with van der Waals surface area (Å²) in [5.41, 5.74) is 14.2. The van der Waals surface area contributed by atoms with Crippen molar-refractivity contribution in [2.24, 2.45) is 0 Å². The number of hydrogen-bond acceptors (Lipinski definition) is 4. The molecule has 0 aliphatic heterocycles. The van der Waals surface area contributed by atoms with E-state index in [2.05, 4.69) is 208 Å². The monoisotopic (exact) mass is 852 g/mol. The van der Waals surface area contributed by atoms with Gasteiger partial charge in [-0.25, -0.2) is 0 Å². The molecule has 0 saturated heterocycles. The third-order valence-corrected chi connectivity index (χ3v) is 13.8. The Morgan fingerprint density at radius 2 is 0.848 bits per heavy atom. The van der Waals surface area contributed by atoms with Gasteiger partial charge in [-0.3, -0.25) is 0 Å². The maximum absolute atomic E-state index is 7.00. The lowest BCUT2D eigenvalue weighted by molar-refractivity contribution is 0.663. The molecule has 10 aromatic carbocycles. The van der Waals surface area contributed by atoms with E-state index in [-0.39, 0.29) is 11.8 Å². The molecule has 0 atom stereocenters. The smallest absolute Gasteiger partial charge is 0.159 e. The van der Waals surface area contributed by atoms with Gasteiger partial charge in [0.05, 0.1) is 28.3 Å². The van der Waals surface area contributed by atoms with Gasteiger partial charge in [-0.2, -0.15) is 0 Å². The minimum absolute atomic E-state index is 0.231. The average Bonchev–Trinajstić information content (AvgIpc) is 3.94. The minimum atomic E-state index is 0.231. The second-order valence-electron chi connectivity index (χ2n) is 18.2. The molecule has 0 spiro atoms. The summed E-state index contributed by atoms with van der Waals surface area (Å²) in [6.07, 6.45) is 6.94. The standard InChI is InChI=1S/C62H48N2O2/c1-7-39-19-15-25-45-47-27-17-29-53(61(47)65-59(39)45)63(41-21-11-9-12-22-41)55-35-51(37(3)4)43-32-34-50-56(36-52(38(5)6)44-31-33-49(55)57(43)58(44)50)64(42-23-13-10-14-24-42)54-30-18-28-48-46-26-16-20-40(8-2)60(46)66-62(48)54/h1,9-38H,8H2,2-6H3. The van der Waals surface area contributed by atoms with Crippen LogP contribution in [0.3, 0.4) is 0 Å². The number of aryl methyl sites for hydroxylation is 1. The van der Waals surface area contributed by atoms with Crippen molar-refractivity contribution < 1.29 is 8.83 Å². The van der Waals surface area contributed by atoms with Gasteiger partial charge in [-0.1, -0.05) is 156 Å². The van der Waals surface area contributed by atoms with E-state index in [0.29, 0.717) is 0 Å². The van der Waals surface area contributed by atoms with E-state index in [4.69, 9.17) is 15.3 Å². The highest BCUT2D eigenvalue weighted by atomic mass is 16.3. The lowest BCUT2D eigenvalue weighted by Gasteiger charge is -2.31. The van der Waals surface area contributed by atoms with E-state index in [9.17, 15) is 0 Å². The Bertz CT molecular complexity index is 3890.